The molecule has 2 N–H and O–H groups in total. The van der Waals surface area contributed by atoms with E-state index in [0.29, 0.717) is 18.0 Å². The molecule has 188 valence electrons. The zero-order chi connectivity index (χ0) is 22.8. The molecule has 1 aromatic rings. The van der Waals surface area contributed by atoms with Crippen molar-refractivity contribution in [1.82, 2.24) is 15.5 Å². The van der Waals surface area contributed by atoms with Gasteiger partial charge >= 0.3 is 0 Å². The molecule has 0 unspecified atom stereocenters. The van der Waals surface area contributed by atoms with E-state index >= 15 is 0 Å². The Kier molecular flexibility index (Phi) is 11.8. The molecule has 2 aliphatic rings. The van der Waals surface area contributed by atoms with Crippen LogP contribution in [0.2, 0.25) is 0 Å². The standard InChI is InChI=1S/C24H40N4O4.HI/c1-5-25-23(26-17-19-15-21(30-3)22(31-4)16-20(19)29-2)27-18-24(9-7-6-8-10-24)28-11-13-32-14-12-28;/h15-16H,5-14,17-18H2,1-4H3,(H2,25,26,27);1H. The van der Waals surface area contributed by atoms with Gasteiger partial charge in [0.1, 0.15) is 5.75 Å². The fourth-order valence-electron chi connectivity index (χ4n) is 4.82. The number of morpholine rings is 1. The van der Waals surface area contributed by atoms with Crippen molar-refractivity contribution in [2.45, 2.75) is 51.1 Å². The van der Waals surface area contributed by atoms with Crippen molar-refractivity contribution in [2.24, 2.45) is 4.99 Å². The number of ether oxygens (including phenoxy) is 4. The Labute approximate surface area is 215 Å². The van der Waals surface area contributed by atoms with Crippen LogP contribution in [0.1, 0.15) is 44.6 Å². The molecule has 3 rings (SSSR count). The van der Waals surface area contributed by atoms with E-state index < -0.39 is 0 Å². The van der Waals surface area contributed by atoms with E-state index in [2.05, 4.69) is 22.5 Å². The maximum Gasteiger partial charge on any atom is 0.191 e. The van der Waals surface area contributed by atoms with Crippen LogP contribution in [-0.2, 0) is 11.3 Å². The average molecular weight is 577 g/mol. The van der Waals surface area contributed by atoms with Crippen molar-refractivity contribution in [1.29, 1.82) is 0 Å². The summed E-state index contributed by atoms with van der Waals surface area (Å²) in [5.74, 6) is 2.87. The van der Waals surface area contributed by atoms with Gasteiger partial charge in [0.15, 0.2) is 17.5 Å². The third-order valence-electron chi connectivity index (χ3n) is 6.59. The molecular weight excluding hydrogens is 535 g/mol. The van der Waals surface area contributed by atoms with Crippen LogP contribution in [0.25, 0.3) is 0 Å². The van der Waals surface area contributed by atoms with Gasteiger partial charge in [0, 0.05) is 43.3 Å². The molecule has 2 fully saturated rings. The second kappa shape index (κ2) is 14.1. The van der Waals surface area contributed by atoms with Crippen molar-refractivity contribution in [3.8, 4) is 17.2 Å². The molecule has 1 saturated heterocycles. The van der Waals surface area contributed by atoms with Crippen LogP contribution in [0, 0.1) is 0 Å². The molecule has 0 atom stereocenters. The maximum atomic E-state index is 5.62. The second-order valence-corrected chi connectivity index (χ2v) is 8.45. The van der Waals surface area contributed by atoms with Crippen LogP contribution in [0.3, 0.4) is 0 Å². The number of benzene rings is 1. The molecular formula is C24H41IN4O4. The van der Waals surface area contributed by atoms with E-state index in [9.17, 15) is 0 Å². The molecule has 0 amide bonds. The molecule has 1 aromatic carbocycles. The van der Waals surface area contributed by atoms with E-state index in [1.54, 1.807) is 21.3 Å². The molecule has 8 nitrogen and oxygen atoms in total. The first-order valence-corrected chi connectivity index (χ1v) is 11.8. The van der Waals surface area contributed by atoms with Gasteiger partial charge in [0.05, 0.1) is 41.1 Å². The molecule has 0 bridgehead atoms. The quantitative estimate of drug-likeness (QED) is 0.265. The molecule has 0 aromatic heterocycles. The highest BCUT2D eigenvalue weighted by Gasteiger charge is 2.38. The molecule has 1 aliphatic heterocycles. The van der Waals surface area contributed by atoms with Gasteiger partial charge in [-0.2, -0.15) is 0 Å². The Morgan fingerprint density at radius 3 is 2.21 bits per heavy atom. The Balaban J connectivity index is 0.00000385. The minimum Gasteiger partial charge on any atom is -0.496 e. The Morgan fingerprint density at radius 2 is 1.61 bits per heavy atom. The smallest absolute Gasteiger partial charge is 0.191 e. The summed E-state index contributed by atoms with van der Waals surface area (Å²) in [6, 6.07) is 3.78. The van der Waals surface area contributed by atoms with Crippen LogP contribution in [0.15, 0.2) is 17.1 Å². The number of methoxy groups -OCH3 is 3. The van der Waals surface area contributed by atoms with Gasteiger partial charge in [-0.3, -0.25) is 4.90 Å². The number of nitrogens with zero attached hydrogens (tertiary/aromatic N) is 2. The molecule has 1 heterocycles. The van der Waals surface area contributed by atoms with Crippen molar-refractivity contribution in [3.05, 3.63) is 17.7 Å². The van der Waals surface area contributed by atoms with Gasteiger partial charge in [0.25, 0.3) is 0 Å². The van der Waals surface area contributed by atoms with E-state index in [1.165, 1.54) is 32.1 Å². The normalized spacial score (nSPS) is 18.7. The Morgan fingerprint density at radius 1 is 0.970 bits per heavy atom. The first-order valence-electron chi connectivity index (χ1n) is 11.8. The summed E-state index contributed by atoms with van der Waals surface area (Å²) in [7, 11) is 4.92. The first-order chi connectivity index (χ1) is 15.7. The average Bonchev–Trinajstić information content (AvgIpc) is 2.86. The van der Waals surface area contributed by atoms with Gasteiger partial charge in [-0.05, 0) is 25.8 Å². The third-order valence-corrected chi connectivity index (χ3v) is 6.59. The summed E-state index contributed by atoms with van der Waals surface area (Å²) >= 11 is 0. The van der Waals surface area contributed by atoms with E-state index in [4.69, 9.17) is 23.9 Å². The highest BCUT2D eigenvalue weighted by Crippen LogP contribution is 2.35. The van der Waals surface area contributed by atoms with Crippen LogP contribution >= 0.6 is 24.0 Å². The summed E-state index contributed by atoms with van der Waals surface area (Å²) in [4.78, 5) is 7.50. The number of halogens is 1. The minimum absolute atomic E-state index is 0. The Bertz CT molecular complexity index is 750. The summed E-state index contributed by atoms with van der Waals surface area (Å²) in [6.45, 7) is 7.94. The topological polar surface area (TPSA) is 76.6 Å². The number of hydrogen-bond acceptors (Lipinski definition) is 6. The van der Waals surface area contributed by atoms with Gasteiger partial charge in [0.2, 0.25) is 0 Å². The fourth-order valence-corrected chi connectivity index (χ4v) is 4.82. The Hall–Kier alpha value is -1.46. The SMILES string of the molecule is CCNC(=NCc1cc(OC)c(OC)cc1OC)NCC1(N2CCOCC2)CCCCC1.I. The monoisotopic (exact) mass is 576 g/mol. The van der Waals surface area contributed by atoms with Crippen molar-refractivity contribution in [3.63, 3.8) is 0 Å². The summed E-state index contributed by atoms with van der Waals surface area (Å²) in [6.07, 6.45) is 6.36. The van der Waals surface area contributed by atoms with Crippen LogP contribution in [0.4, 0.5) is 0 Å². The van der Waals surface area contributed by atoms with Crippen LogP contribution < -0.4 is 24.8 Å². The van der Waals surface area contributed by atoms with Gasteiger partial charge in [-0.25, -0.2) is 4.99 Å². The van der Waals surface area contributed by atoms with Crippen molar-refractivity contribution >= 4 is 29.9 Å². The lowest BCUT2D eigenvalue weighted by molar-refractivity contribution is -0.0352. The number of aliphatic imine (C=N–C) groups is 1. The molecule has 0 spiro atoms. The number of guanidine groups is 1. The highest BCUT2D eigenvalue weighted by molar-refractivity contribution is 14.0. The number of nitrogens with one attached hydrogen (secondary N) is 2. The minimum atomic E-state index is 0. The largest absolute Gasteiger partial charge is 0.496 e. The lowest BCUT2D eigenvalue weighted by Gasteiger charge is -2.48. The van der Waals surface area contributed by atoms with E-state index in [0.717, 1.165) is 56.7 Å². The number of rotatable bonds is 9. The molecule has 9 heteroatoms. The second-order valence-electron chi connectivity index (χ2n) is 8.45. The molecule has 33 heavy (non-hydrogen) atoms. The van der Waals surface area contributed by atoms with Gasteiger partial charge < -0.3 is 29.6 Å². The van der Waals surface area contributed by atoms with E-state index in [-0.39, 0.29) is 29.5 Å². The van der Waals surface area contributed by atoms with Crippen LogP contribution in [0.5, 0.6) is 17.2 Å². The van der Waals surface area contributed by atoms with E-state index in [1.807, 2.05) is 12.1 Å². The lowest BCUT2D eigenvalue weighted by Crippen LogP contribution is -2.60. The lowest BCUT2D eigenvalue weighted by atomic mass is 9.80. The fraction of sp³-hybridized carbons (Fsp3) is 0.708. The van der Waals surface area contributed by atoms with Crippen molar-refractivity contribution in [2.75, 3.05) is 60.7 Å². The van der Waals surface area contributed by atoms with Crippen LogP contribution in [-0.4, -0.2) is 77.1 Å². The molecule has 0 radical (unpaired) electrons. The summed E-state index contributed by atoms with van der Waals surface area (Å²) < 4.78 is 22.0. The highest BCUT2D eigenvalue weighted by atomic mass is 127. The molecule has 1 saturated carbocycles. The predicted octanol–water partition coefficient (Wildman–Crippen LogP) is 3.42. The van der Waals surface area contributed by atoms with Gasteiger partial charge in [-0.1, -0.05) is 19.3 Å². The molecule has 1 aliphatic carbocycles. The predicted molar refractivity (Wildman–Crippen MR) is 143 cm³/mol. The number of hydrogen-bond donors (Lipinski definition) is 2. The van der Waals surface area contributed by atoms with Crippen molar-refractivity contribution < 1.29 is 18.9 Å². The van der Waals surface area contributed by atoms with Gasteiger partial charge in [-0.15, -0.1) is 24.0 Å². The first kappa shape index (κ1) is 27.8. The third kappa shape index (κ3) is 7.26. The maximum absolute atomic E-state index is 5.62. The zero-order valence-electron chi connectivity index (χ0n) is 20.6. The summed E-state index contributed by atoms with van der Waals surface area (Å²) in [5.41, 5.74) is 1.13. The zero-order valence-corrected chi connectivity index (χ0v) is 22.9. The summed E-state index contributed by atoms with van der Waals surface area (Å²) in [5, 5.41) is 7.05.